The van der Waals surface area contributed by atoms with Gasteiger partial charge >= 0.3 is 0 Å². The monoisotopic (exact) mass is 244 g/mol. The summed E-state index contributed by atoms with van der Waals surface area (Å²) in [7, 11) is 0. The fourth-order valence-electron chi connectivity index (χ4n) is 0.673. The van der Waals surface area contributed by atoms with E-state index < -0.39 is 0 Å². The Kier molecular flexibility index (Phi) is 13.0. The number of hydrogen-bond acceptors (Lipinski definition) is 1. The maximum absolute atomic E-state index is 10.6. The SMILES string of the molecule is CBr.CC.CC(=O)c1ccccc1. The van der Waals surface area contributed by atoms with Gasteiger partial charge in [0.05, 0.1) is 0 Å². The van der Waals surface area contributed by atoms with E-state index in [0.717, 1.165) is 5.56 Å². The van der Waals surface area contributed by atoms with E-state index in [0.29, 0.717) is 0 Å². The third kappa shape index (κ3) is 7.72. The molecule has 0 radical (unpaired) electrons. The summed E-state index contributed by atoms with van der Waals surface area (Å²) in [6.45, 7) is 5.56. The second kappa shape index (κ2) is 11.4. The molecule has 0 fully saturated rings. The molecule has 0 spiro atoms. The van der Waals surface area contributed by atoms with Crippen molar-refractivity contribution in [2.24, 2.45) is 0 Å². The van der Waals surface area contributed by atoms with Crippen LogP contribution in [-0.4, -0.2) is 11.6 Å². The van der Waals surface area contributed by atoms with Gasteiger partial charge in [-0.15, -0.1) is 0 Å². The molecule has 1 aromatic rings. The van der Waals surface area contributed by atoms with Gasteiger partial charge in [-0.3, -0.25) is 4.79 Å². The first kappa shape index (κ1) is 14.9. The lowest BCUT2D eigenvalue weighted by Gasteiger charge is -1.89. The maximum Gasteiger partial charge on any atom is 0.159 e. The van der Waals surface area contributed by atoms with E-state index in [1.807, 2.05) is 50.0 Å². The molecule has 0 bridgehead atoms. The number of halogens is 1. The lowest BCUT2D eigenvalue weighted by molar-refractivity contribution is 0.101. The topological polar surface area (TPSA) is 17.1 Å². The van der Waals surface area contributed by atoms with Crippen molar-refractivity contribution in [1.82, 2.24) is 0 Å². The molecule has 1 rings (SSSR count). The number of alkyl halides is 1. The summed E-state index contributed by atoms with van der Waals surface area (Å²) in [6.07, 6.45) is 0. The molecule has 0 aliphatic rings. The van der Waals surface area contributed by atoms with Crippen molar-refractivity contribution in [3.63, 3.8) is 0 Å². The van der Waals surface area contributed by atoms with E-state index in [2.05, 4.69) is 15.9 Å². The predicted octanol–water partition coefficient (Wildman–Crippen LogP) is 3.93. The summed E-state index contributed by atoms with van der Waals surface area (Å²) in [5.74, 6) is 1.93. The Labute approximate surface area is 89.3 Å². The zero-order valence-electron chi connectivity index (χ0n) is 8.67. The van der Waals surface area contributed by atoms with Gasteiger partial charge < -0.3 is 0 Å². The Balaban J connectivity index is 0. The molecular weight excluding hydrogens is 228 g/mol. The first-order chi connectivity index (χ1) is 6.30. The van der Waals surface area contributed by atoms with Crippen LogP contribution in [0.1, 0.15) is 31.1 Å². The summed E-state index contributed by atoms with van der Waals surface area (Å²) in [5.41, 5.74) is 0.775. The maximum atomic E-state index is 10.6. The number of benzene rings is 1. The summed E-state index contributed by atoms with van der Waals surface area (Å²) in [6, 6.07) is 9.23. The molecule has 1 nitrogen and oxygen atoms in total. The van der Waals surface area contributed by atoms with Crippen LogP contribution >= 0.6 is 15.9 Å². The van der Waals surface area contributed by atoms with Crippen LogP contribution in [0.15, 0.2) is 30.3 Å². The van der Waals surface area contributed by atoms with Crippen LogP contribution in [0.4, 0.5) is 0 Å². The molecule has 0 heterocycles. The lowest BCUT2D eigenvalue weighted by Crippen LogP contribution is -1.88. The molecule has 2 heteroatoms. The van der Waals surface area contributed by atoms with Gasteiger partial charge in [0.1, 0.15) is 0 Å². The highest BCUT2D eigenvalue weighted by Gasteiger charge is 1.92. The van der Waals surface area contributed by atoms with Gasteiger partial charge in [0.25, 0.3) is 0 Å². The first-order valence-corrected chi connectivity index (χ1v) is 5.83. The normalized spacial score (nSPS) is 7.15. The Morgan fingerprint density at radius 2 is 1.46 bits per heavy atom. The van der Waals surface area contributed by atoms with Gasteiger partial charge in [0, 0.05) is 5.56 Å². The average molecular weight is 245 g/mol. The highest BCUT2D eigenvalue weighted by molar-refractivity contribution is 9.08. The highest BCUT2D eigenvalue weighted by Crippen LogP contribution is 1.97. The molecule has 0 aromatic heterocycles. The molecule has 0 aliphatic heterocycles. The minimum Gasteiger partial charge on any atom is -0.295 e. The van der Waals surface area contributed by atoms with Gasteiger partial charge in [-0.25, -0.2) is 0 Å². The molecule has 0 unspecified atom stereocenters. The Bertz CT molecular complexity index is 207. The van der Waals surface area contributed by atoms with Crippen molar-refractivity contribution >= 4 is 21.7 Å². The number of rotatable bonds is 1. The van der Waals surface area contributed by atoms with Crippen LogP contribution in [-0.2, 0) is 0 Å². The van der Waals surface area contributed by atoms with E-state index in [-0.39, 0.29) is 5.78 Å². The van der Waals surface area contributed by atoms with Crippen LogP contribution in [0.5, 0.6) is 0 Å². The molecule has 0 N–H and O–H groups in total. The van der Waals surface area contributed by atoms with E-state index in [1.54, 1.807) is 6.92 Å². The van der Waals surface area contributed by atoms with Crippen LogP contribution in [0.3, 0.4) is 0 Å². The molecule has 0 saturated heterocycles. The number of carbonyl (C=O) groups excluding carboxylic acids is 1. The molecule has 0 aliphatic carbocycles. The fraction of sp³-hybridized carbons (Fsp3) is 0.364. The smallest absolute Gasteiger partial charge is 0.159 e. The van der Waals surface area contributed by atoms with E-state index in [1.165, 1.54) is 0 Å². The molecule has 0 saturated carbocycles. The summed E-state index contributed by atoms with van der Waals surface area (Å²) >= 11 is 2.94. The summed E-state index contributed by atoms with van der Waals surface area (Å²) in [5, 5.41) is 0. The van der Waals surface area contributed by atoms with Gasteiger partial charge in [-0.2, -0.15) is 0 Å². The van der Waals surface area contributed by atoms with Gasteiger partial charge in [0.2, 0.25) is 0 Å². The molecule has 0 atom stereocenters. The zero-order chi connectivity index (χ0) is 10.7. The molecular formula is C11H17BrO. The first-order valence-electron chi connectivity index (χ1n) is 4.24. The summed E-state index contributed by atoms with van der Waals surface area (Å²) in [4.78, 5) is 10.6. The van der Waals surface area contributed by atoms with Crippen molar-refractivity contribution in [2.45, 2.75) is 20.8 Å². The van der Waals surface area contributed by atoms with E-state index in [4.69, 9.17) is 0 Å². The second-order valence-corrected chi connectivity index (χ2v) is 1.92. The van der Waals surface area contributed by atoms with Crippen LogP contribution in [0.25, 0.3) is 0 Å². The minimum atomic E-state index is 0.121. The molecule has 0 amide bonds. The van der Waals surface area contributed by atoms with Crippen LogP contribution < -0.4 is 0 Å². The largest absolute Gasteiger partial charge is 0.295 e. The molecule has 1 aromatic carbocycles. The van der Waals surface area contributed by atoms with Crippen molar-refractivity contribution < 1.29 is 4.79 Å². The highest BCUT2D eigenvalue weighted by atomic mass is 79.9. The van der Waals surface area contributed by atoms with Crippen molar-refractivity contribution in [1.29, 1.82) is 0 Å². The number of hydrogen-bond donors (Lipinski definition) is 0. The van der Waals surface area contributed by atoms with Crippen molar-refractivity contribution in [3.05, 3.63) is 35.9 Å². The Morgan fingerprint density at radius 3 is 1.69 bits per heavy atom. The summed E-state index contributed by atoms with van der Waals surface area (Å²) < 4.78 is 0. The van der Waals surface area contributed by atoms with Gasteiger partial charge in [-0.05, 0) is 12.8 Å². The predicted molar refractivity (Wildman–Crippen MR) is 62.6 cm³/mol. The third-order valence-corrected chi connectivity index (χ3v) is 1.18. The average Bonchev–Trinajstić information content (AvgIpc) is 2.25. The van der Waals surface area contributed by atoms with Gasteiger partial charge in [0.15, 0.2) is 5.78 Å². The fourth-order valence-corrected chi connectivity index (χ4v) is 0.673. The quantitative estimate of drug-likeness (QED) is 0.541. The number of ketones is 1. The van der Waals surface area contributed by atoms with Gasteiger partial charge in [-0.1, -0.05) is 60.1 Å². The lowest BCUT2D eigenvalue weighted by atomic mass is 10.2. The Morgan fingerprint density at radius 1 is 1.08 bits per heavy atom. The van der Waals surface area contributed by atoms with E-state index >= 15 is 0 Å². The minimum absolute atomic E-state index is 0.121. The van der Waals surface area contributed by atoms with Crippen LogP contribution in [0, 0.1) is 0 Å². The van der Waals surface area contributed by atoms with Crippen molar-refractivity contribution in [3.8, 4) is 0 Å². The number of carbonyl (C=O) groups is 1. The number of Topliss-reactive ketones (excluding diaryl/α,β-unsaturated/α-hetero) is 1. The van der Waals surface area contributed by atoms with E-state index in [9.17, 15) is 4.79 Å². The molecule has 13 heavy (non-hydrogen) atoms. The van der Waals surface area contributed by atoms with Crippen molar-refractivity contribution in [2.75, 3.05) is 5.83 Å². The molecule has 74 valence electrons. The zero-order valence-corrected chi connectivity index (χ0v) is 10.3. The standard InChI is InChI=1S/C8H8O.C2H6.CH3Br/c1-7(9)8-5-3-2-4-6-8;2*1-2/h2-6H,1H3;1-2H3;1H3. The Hall–Kier alpha value is -0.630. The van der Waals surface area contributed by atoms with Crippen LogP contribution in [0.2, 0.25) is 0 Å². The third-order valence-electron chi connectivity index (χ3n) is 1.18. The second-order valence-electron chi connectivity index (χ2n) is 1.92.